The minimum Gasteiger partial charge on any atom is -0.459 e. The Morgan fingerprint density at radius 2 is 1.35 bits per heavy atom. The van der Waals surface area contributed by atoms with E-state index in [0.717, 1.165) is 12.8 Å². The standard InChI is InChI=1S/C26H48O5/c1-2-3-4-5-6-7-8-9-10-11-12-13-15-22(27)18-19-23(28)20-24(29)21-25-16-14-17-26(30)31-25/h14,17,22-25,27-29H,2-13,15-16,18-21H2,1H3/t22-,23+,24+,25-/m1/s1. The molecule has 31 heavy (non-hydrogen) atoms. The highest BCUT2D eigenvalue weighted by Gasteiger charge is 2.22. The zero-order valence-electron chi connectivity index (χ0n) is 19.9. The molecule has 0 unspecified atom stereocenters. The maximum atomic E-state index is 11.2. The Labute approximate surface area is 190 Å². The van der Waals surface area contributed by atoms with Crippen molar-refractivity contribution in [3.8, 4) is 0 Å². The van der Waals surface area contributed by atoms with Crippen LogP contribution >= 0.6 is 0 Å². The van der Waals surface area contributed by atoms with E-state index in [1.165, 1.54) is 76.7 Å². The number of carbonyl (C=O) groups excluding carboxylic acids is 1. The van der Waals surface area contributed by atoms with Gasteiger partial charge in [-0.3, -0.25) is 0 Å². The summed E-state index contributed by atoms with van der Waals surface area (Å²) in [6.45, 7) is 2.26. The molecule has 0 saturated carbocycles. The highest BCUT2D eigenvalue weighted by atomic mass is 16.5. The number of carbonyl (C=O) groups is 1. The first kappa shape index (κ1) is 28.1. The second-order valence-electron chi connectivity index (χ2n) is 9.38. The quantitative estimate of drug-likeness (QED) is 0.170. The van der Waals surface area contributed by atoms with Gasteiger partial charge in [0.05, 0.1) is 18.3 Å². The Hall–Kier alpha value is -0.910. The number of esters is 1. The van der Waals surface area contributed by atoms with Gasteiger partial charge in [0.1, 0.15) is 6.10 Å². The number of rotatable bonds is 20. The first-order valence-electron chi connectivity index (χ1n) is 12.9. The van der Waals surface area contributed by atoms with Gasteiger partial charge < -0.3 is 20.1 Å². The highest BCUT2D eigenvalue weighted by molar-refractivity contribution is 5.82. The van der Waals surface area contributed by atoms with Gasteiger partial charge in [0.2, 0.25) is 0 Å². The Balaban J connectivity index is 1.91. The summed E-state index contributed by atoms with van der Waals surface area (Å²) >= 11 is 0. The monoisotopic (exact) mass is 440 g/mol. The summed E-state index contributed by atoms with van der Waals surface area (Å²) in [6, 6.07) is 0. The zero-order valence-corrected chi connectivity index (χ0v) is 19.9. The fourth-order valence-corrected chi connectivity index (χ4v) is 4.29. The molecule has 3 N–H and O–H groups in total. The van der Waals surface area contributed by atoms with Crippen molar-refractivity contribution in [2.45, 2.75) is 147 Å². The van der Waals surface area contributed by atoms with Crippen LogP contribution in [0.2, 0.25) is 0 Å². The Bertz CT molecular complexity index is 465. The van der Waals surface area contributed by atoms with Gasteiger partial charge in [-0.15, -0.1) is 0 Å². The third kappa shape index (κ3) is 16.4. The fraction of sp³-hybridized carbons (Fsp3) is 0.885. The molecule has 0 bridgehead atoms. The lowest BCUT2D eigenvalue weighted by Gasteiger charge is -2.23. The van der Waals surface area contributed by atoms with Crippen molar-refractivity contribution in [3.05, 3.63) is 12.2 Å². The van der Waals surface area contributed by atoms with Crippen molar-refractivity contribution in [3.63, 3.8) is 0 Å². The van der Waals surface area contributed by atoms with Crippen LogP contribution in [0, 0.1) is 0 Å². The minimum atomic E-state index is -0.701. The predicted molar refractivity (Wildman–Crippen MR) is 126 cm³/mol. The minimum absolute atomic E-state index is 0.253. The SMILES string of the molecule is CCCCCCCCCCCCCC[C@@H](O)CC[C@H](O)C[C@H](O)C[C@H]1CC=CC(=O)O1. The Kier molecular flexibility index (Phi) is 16.9. The van der Waals surface area contributed by atoms with Crippen LogP contribution in [0.25, 0.3) is 0 Å². The first-order chi connectivity index (χ1) is 15.0. The molecule has 0 aromatic rings. The van der Waals surface area contributed by atoms with E-state index in [-0.39, 0.29) is 24.6 Å². The van der Waals surface area contributed by atoms with Crippen LogP contribution in [0.15, 0.2) is 12.2 Å². The van der Waals surface area contributed by atoms with Crippen LogP contribution in [-0.2, 0) is 9.53 Å². The average Bonchev–Trinajstić information content (AvgIpc) is 2.73. The maximum Gasteiger partial charge on any atom is 0.330 e. The maximum absolute atomic E-state index is 11.2. The van der Waals surface area contributed by atoms with E-state index in [0.29, 0.717) is 25.7 Å². The van der Waals surface area contributed by atoms with E-state index in [1.807, 2.05) is 0 Å². The van der Waals surface area contributed by atoms with E-state index in [2.05, 4.69) is 6.92 Å². The van der Waals surface area contributed by atoms with Crippen molar-refractivity contribution < 1.29 is 24.9 Å². The average molecular weight is 441 g/mol. The lowest BCUT2D eigenvalue weighted by Crippen LogP contribution is -2.28. The van der Waals surface area contributed by atoms with E-state index in [1.54, 1.807) is 6.08 Å². The van der Waals surface area contributed by atoms with Crippen molar-refractivity contribution in [2.75, 3.05) is 0 Å². The molecule has 0 aliphatic carbocycles. The molecular weight excluding hydrogens is 392 g/mol. The van der Waals surface area contributed by atoms with Gasteiger partial charge in [-0.1, -0.05) is 90.0 Å². The van der Waals surface area contributed by atoms with Gasteiger partial charge in [0.15, 0.2) is 0 Å². The number of unbranched alkanes of at least 4 members (excludes halogenated alkanes) is 11. The van der Waals surface area contributed by atoms with E-state index >= 15 is 0 Å². The summed E-state index contributed by atoms with van der Waals surface area (Å²) in [6.07, 6.45) is 19.9. The number of hydrogen-bond donors (Lipinski definition) is 3. The molecule has 0 aromatic heterocycles. The number of aliphatic hydroxyl groups excluding tert-OH is 3. The first-order valence-corrected chi connectivity index (χ1v) is 12.9. The lowest BCUT2D eigenvalue weighted by atomic mass is 9.98. The number of hydrogen-bond acceptors (Lipinski definition) is 5. The van der Waals surface area contributed by atoms with Gasteiger partial charge in [0.25, 0.3) is 0 Å². The molecule has 0 aromatic carbocycles. The summed E-state index contributed by atoms with van der Waals surface area (Å²) in [7, 11) is 0. The van der Waals surface area contributed by atoms with E-state index in [4.69, 9.17) is 4.74 Å². The molecule has 0 spiro atoms. The molecule has 1 aliphatic rings. The molecule has 0 amide bonds. The molecule has 1 aliphatic heterocycles. The van der Waals surface area contributed by atoms with Crippen molar-refractivity contribution >= 4 is 5.97 Å². The van der Waals surface area contributed by atoms with Gasteiger partial charge >= 0.3 is 5.97 Å². The van der Waals surface area contributed by atoms with Crippen LogP contribution in [0.3, 0.4) is 0 Å². The largest absolute Gasteiger partial charge is 0.459 e. The lowest BCUT2D eigenvalue weighted by molar-refractivity contribution is -0.145. The van der Waals surface area contributed by atoms with Crippen molar-refractivity contribution in [2.24, 2.45) is 0 Å². The number of cyclic esters (lactones) is 1. The summed E-state index contributed by atoms with van der Waals surface area (Å²) in [5.74, 6) is -0.370. The van der Waals surface area contributed by atoms with Crippen LogP contribution in [-0.4, -0.2) is 45.7 Å². The number of ether oxygens (including phenoxy) is 1. The molecular formula is C26H48O5. The zero-order chi connectivity index (χ0) is 22.7. The molecule has 5 heteroatoms. The molecule has 4 atom stereocenters. The summed E-state index contributed by atoms with van der Waals surface area (Å²) < 4.78 is 5.14. The number of aliphatic hydroxyl groups is 3. The fourth-order valence-electron chi connectivity index (χ4n) is 4.29. The Morgan fingerprint density at radius 3 is 1.94 bits per heavy atom. The van der Waals surface area contributed by atoms with Crippen LogP contribution in [0.5, 0.6) is 0 Å². The summed E-state index contributed by atoms with van der Waals surface area (Å²) in [5, 5.41) is 30.4. The van der Waals surface area contributed by atoms with Gasteiger partial charge in [-0.05, 0) is 25.7 Å². The molecule has 1 rings (SSSR count). The van der Waals surface area contributed by atoms with Gasteiger partial charge in [-0.25, -0.2) is 4.79 Å². The molecule has 0 saturated heterocycles. The van der Waals surface area contributed by atoms with Gasteiger partial charge in [-0.2, -0.15) is 0 Å². The van der Waals surface area contributed by atoms with Crippen LogP contribution in [0.1, 0.15) is 122 Å². The second-order valence-corrected chi connectivity index (χ2v) is 9.38. The predicted octanol–water partition coefficient (Wildman–Crippen LogP) is 5.59. The molecule has 1 heterocycles. The Morgan fingerprint density at radius 1 is 0.806 bits per heavy atom. The summed E-state index contributed by atoms with van der Waals surface area (Å²) in [5.41, 5.74) is 0. The molecule has 5 nitrogen and oxygen atoms in total. The van der Waals surface area contributed by atoms with Crippen molar-refractivity contribution in [1.29, 1.82) is 0 Å². The molecule has 182 valence electrons. The van der Waals surface area contributed by atoms with Crippen molar-refractivity contribution in [1.82, 2.24) is 0 Å². The molecule has 0 fully saturated rings. The van der Waals surface area contributed by atoms with Crippen LogP contribution in [0.4, 0.5) is 0 Å². The smallest absolute Gasteiger partial charge is 0.330 e. The summed E-state index contributed by atoms with van der Waals surface area (Å²) in [4.78, 5) is 11.2. The van der Waals surface area contributed by atoms with E-state index in [9.17, 15) is 20.1 Å². The molecule has 0 radical (unpaired) electrons. The third-order valence-electron chi connectivity index (χ3n) is 6.24. The van der Waals surface area contributed by atoms with Gasteiger partial charge in [0, 0.05) is 18.9 Å². The third-order valence-corrected chi connectivity index (χ3v) is 6.24. The van der Waals surface area contributed by atoms with E-state index < -0.39 is 12.2 Å². The highest BCUT2D eigenvalue weighted by Crippen LogP contribution is 2.18. The topological polar surface area (TPSA) is 87.0 Å². The van der Waals surface area contributed by atoms with Crippen LogP contribution < -0.4 is 0 Å². The normalized spacial score (nSPS) is 19.2. The second kappa shape index (κ2) is 18.6.